The summed E-state index contributed by atoms with van der Waals surface area (Å²) >= 11 is 1.26. The molecule has 1 aliphatic heterocycles. The van der Waals surface area contributed by atoms with Gasteiger partial charge < -0.3 is 10.1 Å². The summed E-state index contributed by atoms with van der Waals surface area (Å²) in [7, 11) is 0. The lowest BCUT2D eigenvalue weighted by Gasteiger charge is -2.18. The van der Waals surface area contributed by atoms with Crippen molar-refractivity contribution in [2.45, 2.75) is 30.2 Å². The molecule has 1 unspecified atom stereocenters. The maximum absolute atomic E-state index is 13.3. The number of fused-ring (bicyclic) bond motifs is 2. The Morgan fingerprint density at radius 1 is 1.13 bits per heavy atom. The fourth-order valence-corrected chi connectivity index (χ4v) is 5.29. The average molecular weight is 443 g/mol. The van der Waals surface area contributed by atoms with Gasteiger partial charge in [-0.1, -0.05) is 42.6 Å². The van der Waals surface area contributed by atoms with Crippen LogP contribution >= 0.6 is 11.8 Å². The van der Waals surface area contributed by atoms with Crippen LogP contribution in [0.2, 0.25) is 0 Å². The Morgan fingerprint density at radius 3 is 2.61 bits per heavy atom. The zero-order valence-corrected chi connectivity index (χ0v) is 16.9. The first-order chi connectivity index (χ1) is 14.8. The SMILES string of the molecule is C=C1NC(=O)SC1[C@@H]1CCc2cc(Oc3nnc(C(F)(F)F)c4ccccc34)ccc21. The molecule has 2 aromatic carbocycles. The van der Waals surface area contributed by atoms with Crippen LogP contribution in [0.1, 0.15) is 29.2 Å². The summed E-state index contributed by atoms with van der Waals surface area (Å²) in [5.41, 5.74) is 1.90. The van der Waals surface area contributed by atoms with E-state index in [2.05, 4.69) is 22.1 Å². The van der Waals surface area contributed by atoms with Crippen molar-refractivity contribution in [3.63, 3.8) is 0 Å². The third kappa shape index (κ3) is 3.52. The largest absolute Gasteiger partial charge is 0.437 e. The molecule has 5 rings (SSSR count). The number of rotatable bonds is 3. The van der Waals surface area contributed by atoms with Crippen LogP contribution in [-0.4, -0.2) is 20.7 Å². The standard InChI is InChI=1S/C22H16F3N3O2S/c1-11-18(31-21(29)26-11)15-8-6-12-10-13(7-9-14(12)15)30-20-17-5-3-2-4-16(17)19(27-28-20)22(23,24)25/h2-5,7,9-10,15,18H,1,6,8H2,(H,26,29)/t15-,18?/m1/s1. The average Bonchev–Trinajstić information content (AvgIpc) is 3.29. The monoisotopic (exact) mass is 443 g/mol. The number of aromatic nitrogens is 2. The van der Waals surface area contributed by atoms with Gasteiger partial charge in [0, 0.05) is 22.4 Å². The van der Waals surface area contributed by atoms with Crippen molar-refractivity contribution < 1.29 is 22.7 Å². The van der Waals surface area contributed by atoms with Gasteiger partial charge in [-0.15, -0.1) is 10.2 Å². The quantitative estimate of drug-likeness (QED) is 0.554. The molecule has 1 amide bonds. The lowest BCUT2D eigenvalue weighted by atomic mass is 9.96. The summed E-state index contributed by atoms with van der Waals surface area (Å²) in [6, 6.07) is 11.6. The van der Waals surface area contributed by atoms with Crippen molar-refractivity contribution in [1.29, 1.82) is 0 Å². The molecule has 1 N–H and O–H groups in total. The van der Waals surface area contributed by atoms with E-state index in [1.54, 1.807) is 12.1 Å². The fourth-order valence-electron chi connectivity index (χ4n) is 4.22. The Hall–Kier alpha value is -3.07. The maximum Gasteiger partial charge on any atom is 0.435 e. The molecule has 0 bridgehead atoms. The molecule has 2 aliphatic rings. The van der Waals surface area contributed by atoms with Gasteiger partial charge in [0.15, 0.2) is 5.69 Å². The van der Waals surface area contributed by atoms with E-state index in [0.717, 1.165) is 29.7 Å². The zero-order chi connectivity index (χ0) is 21.8. The third-order valence-corrected chi connectivity index (χ3v) is 6.76. The van der Waals surface area contributed by atoms with Crippen molar-refractivity contribution in [3.8, 4) is 11.6 Å². The van der Waals surface area contributed by atoms with Crippen LogP contribution in [-0.2, 0) is 12.6 Å². The Labute approximate surface area is 179 Å². The van der Waals surface area contributed by atoms with E-state index in [9.17, 15) is 18.0 Å². The highest BCUT2D eigenvalue weighted by atomic mass is 32.2. The summed E-state index contributed by atoms with van der Waals surface area (Å²) in [6.07, 6.45) is -2.91. The zero-order valence-electron chi connectivity index (χ0n) is 16.1. The van der Waals surface area contributed by atoms with Gasteiger partial charge >= 0.3 is 6.18 Å². The molecular formula is C22H16F3N3O2S. The highest BCUT2D eigenvalue weighted by Crippen LogP contribution is 2.46. The minimum Gasteiger partial charge on any atom is -0.437 e. The van der Waals surface area contributed by atoms with Crippen molar-refractivity contribution in [2.24, 2.45) is 0 Å². The van der Waals surface area contributed by atoms with E-state index in [1.165, 1.54) is 30.0 Å². The summed E-state index contributed by atoms with van der Waals surface area (Å²) in [4.78, 5) is 11.7. The van der Waals surface area contributed by atoms with Gasteiger partial charge in [-0.25, -0.2) is 0 Å². The second-order valence-electron chi connectivity index (χ2n) is 7.48. The number of halogens is 3. The maximum atomic E-state index is 13.3. The van der Waals surface area contributed by atoms with Gasteiger partial charge in [0.1, 0.15) is 5.75 Å². The van der Waals surface area contributed by atoms with Gasteiger partial charge in [-0.05, 0) is 42.2 Å². The van der Waals surface area contributed by atoms with Crippen LogP contribution in [0, 0.1) is 0 Å². The normalized spacial score (nSPS) is 20.7. The molecule has 0 saturated carbocycles. The highest BCUT2D eigenvalue weighted by molar-refractivity contribution is 8.14. The van der Waals surface area contributed by atoms with E-state index in [4.69, 9.17) is 4.74 Å². The Bertz CT molecular complexity index is 1230. The number of thioether (sulfide) groups is 1. The molecule has 31 heavy (non-hydrogen) atoms. The molecule has 0 spiro atoms. The van der Waals surface area contributed by atoms with Gasteiger partial charge in [0.05, 0.1) is 5.25 Å². The lowest BCUT2D eigenvalue weighted by molar-refractivity contribution is -0.140. The number of ether oxygens (including phenoxy) is 1. The van der Waals surface area contributed by atoms with Crippen LogP contribution in [0.4, 0.5) is 18.0 Å². The number of carbonyl (C=O) groups is 1. The predicted molar refractivity (Wildman–Crippen MR) is 111 cm³/mol. The van der Waals surface area contributed by atoms with Crippen LogP contribution in [0.3, 0.4) is 0 Å². The number of amides is 1. The lowest BCUT2D eigenvalue weighted by Crippen LogP contribution is -2.16. The van der Waals surface area contributed by atoms with E-state index in [-0.39, 0.29) is 33.1 Å². The molecule has 1 saturated heterocycles. The van der Waals surface area contributed by atoms with Crippen molar-refractivity contribution in [2.75, 3.05) is 0 Å². The first kappa shape index (κ1) is 19.9. The van der Waals surface area contributed by atoms with Gasteiger partial charge in [-0.3, -0.25) is 4.79 Å². The molecule has 1 fully saturated rings. The number of nitrogens with zero attached hydrogens (tertiary/aromatic N) is 2. The molecule has 2 heterocycles. The van der Waals surface area contributed by atoms with Crippen molar-refractivity contribution in [1.82, 2.24) is 15.5 Å². The molecular weight excluding hydrogens is 427 g/mol. The molecule has 2 atom stereocenters. The number of benzene rings is 2. The number of hydrogen-bond acceptors (Lipinski definition) is 5. The number of alkyl halides is 3. The smallest absolute Gasteiger partial charge is 0.435 e. The van der Waals surface area contributed by atoms with E-state index >= 15 is 0 Å². The highest BCUT2D eigenvalue weighted by Gasteiger charge is 2.38. The predicted octanol–water partition coefficient (Wildman–Crippen LogP) is 5.81. The minimum absolute atomic E-state index is 0.00904. The van der Waals surface area contributed by atoms with Crippen molar-refractivity contribution >= 4 is 27.8 Å². The molecule has 5 nitrogen and oxygen atoms in total. The molecule has 0 radical (unpaired) electrons. The van der Waals surface area contributed by atoms with Gasteiger partial charge in [0.2, 0.25) is 5.88 Å². The number of carbonyl (C=O) groups excluding carboxylic acids is 1. The van der Waals surface area contributed by atoms with Gasteiger partial charge in [-0.2, -0.15) is 13.2 Å². The minimum atomic E-state index is -4.60. The molecule has 1 aromatic heterocycles. The molecule has 158 valence electrons. The number of aryl methyl sites for hydroxylation is 1. The van der Waals surface area contributed by atoms with E-state index in [1.807, 2.05) is 12.1 Å². The van der Waals surface area contributed by atoms with Crippen LogP contribution in [0.25, 0.3) is 10.8 Å². The van der Waals surface area contributed by atoms with Gasteiger partial charge in [0.25, 0.3) is 5.24 Å². The number of nitrogens with one attached hydrogen (secondary N) is 1. The first-order valence-corrected chi connectivity index (χ1v) is 10.5. The van der Waals surface area contributed by atoms with Crippen LogP contribution in [0.15, 0.2) is 54.7 Å². The summed E-state index contributed by atoms with van der Waals surface area (Å²) < 4.78 is 45.7. The van der Waals surface area contributed by atoms with Crippen molar-refractivity contribution in [3.05, 3.63) is 71.6 Å². The van der Waals surface area contributed by atoms with E-state index in [0.29, 0.717) is 5.75 Å². The van der Waals surface area contributed by atoms with Crippen LogP contribution < -0.4 is 10.1 Å². The summed E-state index contributed by atoms with van der Waals surface area (Å²) in [5, 5.41) is 9.93. The summed E-state index contributed by atoms with van der Waals surface area (Å²) in [6.45, 7) is 3.96. The first-order valence-electron chi connectivity index (χ1n) is 9.61. The third-order valence-electron chi connectivity index (χ3n) is 5.58. The molecule has 9 heteroatoms. The second-order valence-corrected chi connectivity index (χ2v) is 8.60. The Balaban J connectivity index is 1.46. The number of hydrogen-bond donors (Lipinski definition) is 1. The van der Waals surface area contributed by atoms with E-state index < -0.39 is 11.9 Å². The Kier molecular flexibility index (Phi) is 4.65. The fraction of sp³-hybridized carbons (Fsp3) is 0.227. The van der Waals surface area contributed by atoms with Crippen LogP contribution in [0.5, 0.6) is 11.6 Å². The topological polar surface area (TPSA) is 64.1 Å². The molecule has 3 aromatic rings. The summed E-state index contributed by atoms with van der Waals surface area (Å²) in [5.74, 6) is 0.672. The Morgan fingerprint density at radius 2 is 1.90 bits per heavy atom. The second kappa shape index (κ2) is 7.26. The molecule has 1 aliphatic carbocycles.